The fourth-order valence-electron chi connectivity index (χ4n) is 5.37. The molecular formula is C31H39ClN4O3S. The number of fused-ring (bicyclic) bond motifs is 1. The summed E-state index contributed by atoms with van der Waals surface area (Å²) < 4.78 is 1.76. The van der Waals surface area contributed by atoms with Crippen molar-refractivity contribution in [1.29, 1.82) is 0 Å². The molecule has 2 aromatic carbocycles. The Bertz CT molecular complexity index is 1360. The number of halogens is 1. The van der Waals surface area contributed by atoms with Crippen LogP contribution in [0.2, 0.25) is 5.02 Å². The third-order valence-corrected chi connectivity index (χ3v) is 8.89. The van der Waals surface area contributed by atoms with E-state index in [-0.39, 0.29) is 35.0 Å². The average molecular weight is 583 g/mol. The van der Waals surface area contributed by atoms with Gasteiger partial charge in [-0.2, -0.15) is 0 Å². The Morgan fingerprint density at radius 2 is 1.70 bits per heavy atom. The number of rotatable bonds is 12. The number of hydrogen-bond acceptors (Lipinski definition) is 5. The van der Waals surface area contributed by atoms with E-state index in [2.05, 4.69) is 19.2 Å². The molecule has 0 atom stereocenters. The van der Waals surface area contributed by atoms with Crippen molar-refractivity contribution in [1.82, 2.24) is 19.8 Å². The molecule has 1 fully saturated rings. The van der Waals surface area contributed by atoms with Gasteiger partial charge in [0.05, 0.1) is 16.7 Å². The smallest absolute Gasteiger partial charge is 0.262 e. The maximum atomic E-state index is 13.6. The minimum Gasteiger partial charge on any atom is -0.352 e. The highest BCUT2D eigenvalue weighted by atomic mass is 35.5. The minimum atomic E-state index is -0.0703. The van der Waals surface area contributed by atoms with Crippen LogP contribution >= 0.6 is 23.4 Å². The van der Waals surface area contributed by atoms with Crippen LogP contribution in [0.3, 0.4) is 0 Å². The number of nitrogens with one attached hydrogen (secondary N) is 1. The van der Waals surface area contributed by atoms with Gasteiger partial charge in [-0.05, 0) is 68.2 Å². The van der Waals surface area contributed by atoms with E-state index >= 15 is 0 Å². The summed E-state index contributed by atoms with van der Waals surface area (Å²) in [5, 5.41) is 4.87. The second kappa shape index (κ2) is 14.7. The van der Waals surface area contributed by atoms with Crippen LogP contribution < -0.4 is 10.9 Å². The predicted molar refractivity (Wildman–Crippen MR) is 163 cm³/mol. The lowest BCUT2D eigenvalue weighted by molar-refractivity contribution is -0.128. The van der Waals surface area contributed by atoms with E-state index in [0.29, 0.717) is 34.2 Å². The average Bonchev–Trinajstić information content (AvgIpc) is 2.97. The summed E-state index contributed by atoms with van der Waals surface area (Å²) in [6.45, 7) is 6.57. The first-order valence-corrected chi connectivity index (χ1v) is 15.7. The molecule has 9 heteroatoms. The molecule has 1 N–H and O–H groups in total. The standard InChI is InChI=1S/C31H39ClN4O3S/c1-3-17-35(18-4-2)28(37)21-40-31-34-27-12-8-6-10-25(27)30(39)36(31)20-22-13-15-23(16-14-22)29(38)33-19-24-9-5-7-11-26(24)32/h5-12,22-23H,3-4,13-21H2,1-2H3,(H,33,38). The number of benzene rings is 2. The third-order valence-electron chi connectivity index (χ3n) is 7.56. The van der Waals surface area contributed by atoms with Crippen molar-refractivity contribution in [3.8, 4) is 0 Å². The molecule has 0 saturated heterocycles. The van der Waals surface area contributed by atoms with E-state index in [1.54, 1.807) is 4.57 Å². The minimum absolute atomic E-state index is 0.0419. The summed E-state index contributed by atoms with van der Waals surface area (Å²) in [5.41, 5.74) is 1.49. The van der Waals surface area contributed by atoms with Crippen LogP contribution in [-0.2, 0) is 22.7 Å². The molecule has 1 aliphatic carbocycles. The number of nitrogens with zero attached hydrogens (tertiary/aromatic N) is 3. The Kier molecular flexibility index (Phi) is 11.1. The molecule has 0 aliphatic heterocycles. The summed E-state index contributed by atoms with van der Waals surface area (Å²) in [6, 6.07) is 14.9. The Balaban J connectivity index is 1.42. The number of thioether (sulfide) groups is 1. The van der Waals surface area contributed by atoms with E-state index in [0.717, 1.165) is 57.2 Å². The zero-order chi connectivity index (χ0) is 28.5. The first-order chi connectivity index (χ1) is 19.4. The maximum absolute atomic E-state index is 13.6. The van der Waals surface area contributed by atoms with Gasteiger partial charge in [-0.3, -0.25) is 19.0 Å². The molecule has 1 aromatic heterocycles. The lowest BCUT2D eigenvalue weighted by Crippen LogP contribution is -2.35. The van der Waals surface area contributed by atoms with Crippen molar-refractivity contribution in [2.75, 3.05) is 18.8 Å². The van der Waals surface area contributed by atoms with Gasteiger partial charge < -0.3 is 10.2 Å². The lowest BCUT2D eigenvalue weighted by Gasteiger charge is -2.29. The molecule has 3 aromatic rings. The van der Waals surface area contributed by atoms with Crippen molar-refractivity contribution in [2.45, 2.75) is 70.6 Å². The summed E-state index contributed by atoms with van der Waals surface area (Å²) in [4.78, 5) is 46.1. The van der Waals surface area contributed by atoms with Crippen LogP contribution in [0.4, 0.5) is 0 Å². The van der Waals surface area contributed by atoms with Crippen molar-refractivity contribution in [2.24, 2.45) is 11.8 Å². The van der Waals surface area contributed by atoms with E-state index < -0.39 is 0 Å². The Labute approximate surface area is 245 Å². The molecule has 0 radical (unpaired) electrons. The fraction of sp³-hybridized carbons (Fsp3) is 0.484. The van der Waals surface area contributed by atoms with Crippen LogP contribution in [-0.4, -0.2) is 45.1 Å². The zero-order valence-corrected chi connectivity index (χ0v) is 25.0. The van der Waals surface area contributed by atoms with Gasteiger partial charge in [0, 0.05) is 37.1 Å². The molecule has 0 bridgehead atoms. The molecule has 1 saturated carbocycles. The van der Waals surface area contributed by atoms with E-state index in [1.807, 2.05) is 53.4 Å². The van der Waals surface area contributed by atoms with Gasteiger partial charge in [-0.25, -0.2) is 4.98 Å². The quantitative estimate of drug-likeness (QED) is 0.212. The molecule has 1 aliphatic rings. The molecule has 1 heterocycles. The molecule has 40 heavy (non-hydrogen) atoms. The third kappa shape index (κ3) is 7.67. The predicted octanol–water partition coefficient (Wildman–Crippen LogP) is 5.91. The summed E-state index contributed by atoms with van der Waals surface area (Å²) >= 11 is 7.58. The number of hydrogen-bond donors (Lipinski definition) is 1. The number of amides is 2. The van der Waals surface area contributed by atoms with Gasteiger partial charge in [0.2, 0.25) is 11.8 Å². The summed E-state index contributed by atoms with van der Waals surface area (Å²) in [6.07, 6.45) is 5.09. The Morgan fingerprint density at radius 1 is 1.02 bits per heavy atom. The van der Waals surface area contributed by atoms with Gasteiger partial charge in [0.15, 0.2) is 5.16 Å². The lowest BCUT2D eigenvalue weighted by atomic mass is 9.81. The first-order valence-electron chi connectivity index (χ1n) is 14.3. The van der Waals surface area contributed by atoms with Crippen LogP contribution in [0.1, 0.15) is 57.9 Å². The van der Waals surface area contributed by atoms with Crippen molar-refractivity contribution >= 4 is 46.1 Å². The largest absolute Gasteiger partial charge is 0.352 e. The van der Waals surface area contributed by atoms with E-state index in [4.69, 9.17) is 16.6 Å². The molecule has 0 spiro atoms. The van der Waals surface area contributed by atoms with Crippen LogP contribution in [0.25, 0.3) is 10.9 Å². The molecule has 0 unspecified atom stereocenters. The number of aromatic nitrogens is 2. The van der Waals surface area contributed by atoms with Crippen LogP contribution in [0.5, 0.6) is 0 Å². The highest BCUT2D eigenvalue weighted by Gasteiger charge is 2.28. The fourth-order valence-corrected chi connectivity index (χ4v) is 6.49. The van der Waals surface area contributed by atoms with Gasteiger partial charge in [0.25, 0.3) is 5.56 Å². The normalized spacial score (nSPS) is 17.1. The van der Waals surface area contributed by atoms with Crippen LogP contribution in [0, 0.1) is 11.8 Å². The number of carbonyl (C=O) groups excluding carboxylic acids is 2. The Morgan fingerprint density at radius 3 is 2.40 bits per heavy atom. The molecule has 7 nitrogen and oxygen atoms in total. The summed E-state index contributed by atoms with van der Waals surface area (Å²) in [5.74, 6) is 0.607. The van der Waals surface area contributed by atoms with Gasteiger partial charge in [-0.1, -0.05) is 67.5 Å². The molecule has 2 amide bonds. The zero-order valence-electron chi connectivity index (χ0n) is 23.4. The monoisotopic (exact) mass is 582 g/mol. The SMILES string of the molecule is CCCN(CCC)C(=O)CSc1nc2ccccc2c(=O)n1CC1CCC(C(=O)NCc2ccccc2Cl)CC1. The maximum Gasteiger partial charge on any atom is 0.262 e. The highest BCUT2D eigenvalue weighted by molar-refractivity contribution is 7.99. The molecule has 214 valence electrons. The van der Waals surface area contributed by atoms with E-state index in [9.17, 15) is 14.4 Å². The first kappa shape index (κ1) is 30.1. The van der Waals surface area contributed by atoms with Crippen molar-refractivity contribution in [3.05, 3.63) is 69.5 Å². The second-order valence-corrected chi connectivity index (χ2v) is 11.9. The number of carbonyl (C=O) groups is 2. The van der Waals surface area contributed by atoms with Crippen molar-refractivity contribution < 1.29 is 9.59 Å². The molecular weight excluding hydrogens is 544 g/mol. The molecule has 4 rings (SSSR count). The van der Waals surface area contributed by atoms with Gasteiger partial charge in [0.1, 0.15) is 0 Å². The Hall–Kier alpha value is -2.84. The number of para-hydroxylation sites is 1. The van der Waals surface area contributed by atoms with Gasteiger partial charge in [-0.15, -0.1) is 0 Å². The van der Waals surface area contributed by atoms with Crippen LogP contribution in [0.15, 0.2) is 58.5 Å². The van der Waals surface area contributed by atoms with Gasteiger partial charge >= 0.3 is 0 Å². The summed E-state index contributed by atoms with van der Waals surface area (Å²) in [7, 11) is 0. The van der Waals surface area contributed by atoms with E-state index in [1.165, 1.54) is 11.8 Å². The topological polar surface area (TPSA) is 84.3 Å². The second-order valence-electron chi connectivity index (χ2n) is 10.5. The van der Waals surface area contributed by atoms with Crippen molar-refractivity contribution in [3.63, 3.8) is 0 Å². The highest BCUT2D eigenvalue weighted by Crippen LogP contribution is 2.31.